The van der Waals surface area contributed by atoms with Crippen molar-refractivity contribution in [1.82, 2.24) is 4.90 Å². The Balaban J connectivity index is 1.96. The number of hydrogen-bond donors (Lipinski definition) is 1. The van der Waals surface area contributed by atoms with Crippen molar-refractivity contribution >= 4 is 22.7 Å². The van der Waals surface area contributed by atoms with Gasteiger partial charge in [-0.05, 0) is 71.6 Å². The topological polar surface area (TPSA) is 32.7 Å². The normalized spacial score (nSPS) is 12.0. The zero-order valence-electron chi connectivity index (χ0n) is 18.9. The number of alkyl halides is 1. The molecule has 32 heavy (non-hydrogen) atoms. The molecule has 4 heteroatoms. The summed E-state index contributed by atoms with van der Waals surface area (Å²) in [5.74, 6) is 1.64. The van der Waals surface area contributed by atoms with E-state index in [1.54, 1.807) is 12.1 Å². The van der Waals surface area contributed by atoms with E-state index < -0.39 is 0 Å². The molecule has 0 radical (unpaired) electrons. The fourth-order valence-corrected chi connectivity index (χ4v) is 4.03. The van der Waals surface area contributed by atoms with Crippen LogP contribution in [0, 0.1) is 0 Å². The van der Waals surface area contributed by atoms with E-state index in [1.165, 1.54) is 5.57 Å². The van der Waals surface area contributed by atoms with E-state index >= 15 is 0 Å². The van der Waals surface area contributed by atoms with Gasteiger partial charge in [0, 0.05) is 12.4 Å². The fraction of sp³-hybridized carbons (Fsp3) is 0.286. The van der Waals surface area contributed by atoms with Crippen LogP contribution >= 0.6 is 11.6 Å². The van der Waals surface area contributed by atoms with Crippen molar-refractivity contribution in [2.45, 2.75) is 20.3 Å². The number of nitrogens with zero attached hydrogens (tertiary/aromatic N) is 1. The van der Waals surface area contributed by atoms with Crippen LogP contribution in [0.25, 0.3) is 11.1 Å². The van der Waals surface area contributed by atoms with E-state index in [0.717, 1.165) is 54.1 Å². The number of hydrogen-bond acceptors (Lipinski definition) is 3. The molecule has 0 amide bonds. The fourth-order valence-electron chi connectivity index (χ4n) is 3.84. The third-order valence-corrected chi connectivity index (χ3v) is 5.83. The number of phenols is 1. The number of likely N-dealkylation sites (N-methyl/N-ethyl adjacent to an activating group) is 1. The summed E-state index contributed by atoms with van der Waals surface area (Å²) >= 11 is 6.22. The molecule has 0 aliphatic carbocycles. The van der Waals surface area contributed by atoms with Crippen molar-refractivity contribution in [1.29, 1.82) is 0 Å². The molecule has 0 fully saturated rings. The van der Waals surface area contributed by atoms with Gasteiger partial charge in [-0.15, -0.1) is 11.6 Å². The van der Waals surface area contributed by atoms with Gasteiger partial charge >= 0.3 is 0 Å². The predicted octanol–water partition coefficient (Wildman–Crippen LogP) is 6.70. The Labute approximate surface area is 196 Å². The molecule has 168 valence electrons. The van der Waals surface area contributed by atoms with Crippen molar-refractivity contribution in [3.63, 3.8) is 0 Å². The lowest BCUT2D eigenvalue weighted by atomic mass is 9.88. The van der Waals surface area contributed by atoms with Gasteiger partial charge < -0.3 is 14.7 Å². The van der Waals surface area contributed by atoms with E-state index in [9.17, 15) is 5.11 Å². The second kappa shape index (κ2) is 12.3. The molecule has 1 N–H and O–H groups in total. The van der Waals surface area contributed by atoms with Crippen LogP contribution in [-0.2, 0) is 0 Å². The first kappa shape index (κ1) is 23.9. The number of rotatable bonds is 11. The molecular weight excluding hydrogens is 418 g/mol. The van der Waals surface area contributed by atoms with Crippen LogP contribution in [0.4, 0.5) is 0 Å². The second-order valence-corrected chi connectivity index (χ2v) is 7.98. The molecule has 0 aromatic heterocycles. The molecule has 0 unspecified atom stereocenters. The minimum Gasteiger partial charge on any atom is -0.508 e. The van der Waals surface area contributed by atoms with Crippen molar-refractivity contribution in [3.05, 3.63) is 95.6 Å². The van der Waals surface area contributed by atoms with Crippen LogP contribution in [0.1, 0.15) is 37.0 Å². The Hall–Kier alpha value is -2.75. The number of halogens is 1. The summed E-state index contributed by atoms with van der Waals surface area (Å²) in [4.78, 5) is 2.35. The van der Waals surface area contributed by atoms with E-state index in [2.05, 4.69) is 43.0 Å². The molecule has 0 saturated heterocycles. The van der Waals surface area contributed by atoms with Crippen molar-refractivity contribution in [2.24, 2.45) is 0 Å². The highest BCUT2D eigenvalue weighted by Crippen LogP contribution is 2.35. The Morgan fingerprint density at radius 3 is 1.97 bits per heavy atom. The van der Waals surface area contributed by atoms with E-state index in [0.29, 0.717) is 12.5 Å². The van der Waals surface area contributed by atoms with E-state index in [1.807, 2.05) is 42.5 Å². The smallest absolute Gasteiger partial charge is 0.119 e. The molecule has 0 aliphatic rings. The van der Waals surface area contributed by atoms with Crippen LogP contribution < -0.4 is 4.74 Å². The first-order valence-electron chi connectivity index (χ1n) is 11.3. The van der Waals surface area contributed by atoms with Gasteiger partial charge in [0.05, 0.1) is 0 Å². The summed E-state index contributed by atoms with van der Waals surface area (Å²) in [5, 5.41) is 9.80. The Morgan fingerprint density at radius 1 is 0.812 bits per heavy atom. The number of aromatic hydroxyl groups is 1. The quantitative estimate of drug-likeness (QED) is 0.261. The lowest BCUT2D eigenvalue weighted by molar-refractivity contribution is 0.223. The second-order valence-electron chi connectivity index (χ2n) is 7.61. The standard InChI is InChI=1S/C28H32ClNO2/c1-3-30(4-2)20-21-32-26-16-12-24(13-17-26)28(23-10-14-25(31)15-11-23)27(18-19-29)22-8-6-5-7-9-22/h5-17,31H,3-4,18-21H2,1-2H3/b28-27+. The molecule has 0 heterocycles. The number of allylic oxidation sites excluding steroid dienone is 1. The summed E-state index contributed by atoms with van der Waals surface area (Å²) in [7, 11) is 0. The average Bonchev–Trinajstić information content (AvgIpc) is 2.84. The highest BCUT2D eigenvalue weighted by atomic mass is 35.5. The maximum absolute atomic E-state index is 9.80. The summed E-state index contributed by atoms with van der Waals surface area (Å²) in [6.45, 7) is 7.98. The summed E-state index contributed by atoms with van der Waals surface area (Å²) in [6.07, 6.45) is 0.740. The van der Waals surface area contributed by atoms with Gasteiger partial charge in [-0.25, -0.2) is 0 Å². The molecular formula is C28H32ClNO2. The van der Waals surface area contributed by atoms with Crippen molar-refractivity contribution < 1.29 is 9.84 Å². The van der Waals surface area contributed by atoms with Crippen molar-refractivity contribution in [3.8, 4) is 11.5 Å². The van der Waals surface area contributed by atoms with Gasteiger partial charge in [-0.2, -0.15) is 0 Å². The van der Waals surface area contributed by atoms with Gasteiger partial charge in [-0.1, -0.05) is 68.4 Å². The summed E-state index contributed by atoms with van der Waals surface area (Å²) in [5.41, 5.74) is 5.58. The Kier molecular flexibility index (Phi) is 9.21. The zero-order valence-corrected chi connectivity index (χ0v) is 19.7. The summed E-state index contributed by atoms with van der Waals surface area (Å²) in [6, 6.07) is 26.0. The third kappa shape index (κ3) is 6.38. The molecule has 0 aliphatic heterocycles. The predicted molar refractivity (Wildman–Crippen MR) is 136 cm³/mol. The van der Waals surface area contributed by atoms with Gasteiger partial charge in [-0.3, -0.25) is 0 Å². The largest absolute Gasteiger partial charge is 0.508 e. The minimum absolute atomic E-state index is 0.253. The first-order valence-corrected chi connectivity index (χ1v) is 11.8. The monoisotopic (exact) mass is 449 g/mol. The molecule has 0 atom stereocenters. The molecule has 3 nitrogen and oxygen atoms in total. The highest BCUT2D eigenvalue weighted by molar-refractivity contribution is 6.18. The lowest BCUT2D eigenvalue weighted by Crippen LogP contribution is -2.27. The number of benzene rings is 3. The molecule has 3 rings (SSSR count). The van der Waals surface area contributed by atoms with Crippen LogP contribution in [0.15, 0.2) is 78.9 Å². The zero-order chi connectivity index (χ0) is 22.8. The van der Waals surface area contributed by atoms with E-state index in [-0.39, 0.29) is 5.75 Å². The van der Waals surface area contributed by atoms with Gasteiger partial charge in [0.25, 0.3) is 0 Å². The SMILES string of the molecule is CCN(CC)CCOc1ccc(/C(=C(\CCCl)c2ccccc2)c2ccc(O)cc2)cc1. The van der Waals surface area contributed by atoms with Gasteiger partial charge in [0.1, 0.15) is 18.1 Å². The van der Waals surface area contributed by atoms with Crippen LogP contribution in [0.3, 0.4) is 0 Å². The minimum atomic E-state index is 0.253. The number of ether oxygens (including phenoxy) is 1. The Bertz CT molecular complexity index is 978. The molecule has 3 aromatic rings. The molecule has 0 saturated carbocycles. The van der Waals surface area contributed by atoms with Crippen molar-refractivity contribution in [2.75, 3.05) is 32.1 Å². The molecule has 0 bridgehead atoms. The highest BCUT2D eigenvalue weighted by Gasteiger charge is 2.14. The molecule has 3 aromatic carbocycles. The molecule has 0 spiro atoms. The Morgan fingerprint density at radius 2 is 1.41 bits per heavy atom. The van der Waals surface area contributed by atoms with Crippen LogP contribution in [0.2, 0.25) is 0 Å². The van der Waals surface area contributed by atoms with Crippen LogP contribution in [0.5, 0.6) is 11.5 Å². The maximum atomic E-state index is 9.80. The first-order chi connectivity index (χ1) is 15.7. The lowest BCUT2D eigenvalue weighted by Gasteiger charge is -2.19. The van der Waals surface area contributed by atoms with Crippen LogP contribution in [-0.4, -0.2) is 42.1 Å². The third-order valence-electron chi connectivity index (χ3n) is 5.64. The van der Waals surface area contributed by atoms with Gasteiger partial charge in [0.2, 0.25) is 0 Å². The maximum Gasteiger partial charge on any atom is 0.119 e. The summed E-state index contributed by atoms with van der Waals surface area (Å²) < 4.78 is 5.98. The van der Waals surface area contributed by atoms with Gasteiger partial charge in [0.15, 0.2) is 0 Å². The van der Waals surface area contributed by atoms with E-state index in [4.69, 9.17) is 16.3 Å². The number of phenolic OH excluding ortho intramolecular Hbond substituents is 1. The average molecular weight is 450 g/mol.